The molecule has 0 fully saturated rings. The number of thiophene rings is 1. The maximum absolute atomic E-state index is 6.33. The molecule has 2 aromatic carbocycles. The topological polar surface area (TPSA) is 70.5 Å². The van der Waals surface area contributed by atoms with Crippen molar-refractivity contribution in [3.8, 4) is 22.3 Å². The van der Waals surface area contributed by atoms with Crippen molar-refractivity contribution in [1.29, 1.82) is 0 Å². The van der Waals surface area contributed by atoms with Crippen LogP contribution in [0.5, 0.6) is 0 Å². The summed E-state index contributed by atoms with van der Waals surface area (Å²) in [7, 11) is 0. The molecule has 0 atom stereocenters. The molecule has 134 valence electrons. The lowest BCUT2D eigenvalue weighted by atomic mass is 10.0. The fourth-order valence-corrected chi connectivity index (χ4v) is 5.04. The number of fused-ring (bicyclic) bond motifs is 3. The van der Waals surface area contributed by atoms with Crippen molar-refractivity contribution in [2.24, 2.45) is 0 Å². The zero-order chi connectivity index (χ0) is 18.7. The lowest BCUT2D eigenvalue weighted by Gasteiger charge is -2.07. The van der Waals surface area contributed by atoms with Gasteiger partial charge in [-0.15, -0.1) is 11.3 Å². The number of pyridine rings is 1. The molecular formula is C23H16N4S. The van der Waals surface area contributed by atoms with Crippen LogP contribution in [0.15, 0.2) is 72.5 Å². The molecule has 0 aliphatic heterocycles. The maximum atomic E-state index is 6.33. The van der Waals surface area contributed by atoms with Crippen molar-refractivity contribution in [1.82, 2.24) is 15.0 Å². The van der Waals surface area contributed by atoms with Gasteiger partial charge in [-0.05, 0) is 51.5 Å². The van der Waals surface area contributed by atoms with Crippen LogP contribution in [-0.2, 0) is 0 Å². The summed E-state index contributed by atoms with van der Waals surface area (Å²) in [6.07, 6.45) is 5.81. The van der Waals surface area contributed by atoms with E-state index in [-0.39, 0.29) is 0 Å². The van der Waals surface area contributed by atoms with Crippen LogP contribution in [0.4, 0.5) is 5.82 Å². The van der Waals surface area contributed by atoms with Gasteiger partial charge in [0.05, 0.1) is 0 Å². The quantitative estimate of drug-likeness (QED) is 0.336. The molecule has 5 heteroatoms. The molecule has 4 heterocycles. The Morgan fingerprint density at radius 1 is 0.786 bits per heavy atom. The van der Waals surface area contributed by atoms with Gasteiger partial charge in [0, 0.05) is 50.8 Å². The van der Waals surface area contributed by atoms with Gasteiger partial charge in [-0.25, -0.2) is 4.98 Å². The average molecular weight is 380 g/mol. The van der Waals surface area contributed by atoms with Gasteiger partial charge in [0.25, 0.3) is 0 Å². The number of aromatic amines is 2. The number of nitrogens with one attached hydrogen (secondary N) is 2. The molecule has 4 N–H and O–H groups in total. The number of nitrogens with two attached hydrogens (primary N) is 1. The molecule has 0 amide bonds. The summed E-state index contributed by atoms with van der Waals surface area (Å²) in [6, 6.07) is 17.1. The number of nitrogen functional groups attached to an aromatic ring is 1. The van der Waals surface area contributed by atoms with Crippen molar-refractivity contribution >= 4 is 49.0 Å². The molecule has 0 radical (unpaired) electrons. The third kappa shape index (κ3) is 2.20. The highest BCUT2D eigenvalue weighted by atomic mass is 32.1. The molecule has 0 bridgehead atoms. The van der Waals surface area contributed by atoms with E-state index in [9.17, 15) is 0 Å². The summed E-state index contributed by atoms with van der Waals surface area (Å²) >= 11 is 1.72. The van der Waals surface area contributed by atoms with Crippen molar-refractivity contribution < 1.29 is 0 Å². The summed E-state index contributed by atoms with van der Waals surface area (Å²) in [4.78, 5) is 11.1. The highest BCUT2D eigenvalue weighted by molar-refractivity contribution is 7.18. The minimum atomic E-state index is 0.572. The largest absolute Gasteiger partial charge is 0.383 e. The molecule has 0 aliphatic carbocycles. The van der Waals surface area contributed by atoms with Gasteiger partial charge >= 0.3 is 0 Å². The van der Waals surface area contributed by atoms with Gasteiger partial charge in [-0.3, -0.25) is 0 Å². The lowest BCUT2D eigenvalue weighted by molar-refractivity contribution is 1.37. The smallest absolute Gasteiger partial charge is 0.132 e. The first-order valence-electron chi connectivity index (χ1n) is 9.09. The minimum Gasteiger partial charge on any atom is -0.383 e. The Hall–Kier alpha value is -3.57. The SMILES string of the molecule is Nc1ncc(-c2ccc3cc[nH]c3c2)c2scc(-c3ccc4cc[nH]c4c3)c12. The second-order valence-corrected chi connectivity index (χ2v) is 7.85. The molecular weight excluding hydrogens is 364 g/mol. The molecule has 28 heavy (non-hydrogen) atoms. The average Bonchev–Trinajstić information content (AvgIpc) is 3.45. The molecule has 6 rings (SSSR count). The first-order chi connectivity index (χ1) is 13.8. The zero-order valence-corrected chi connectivity index (χ0v) is 15.7. The third-order valence-electron chi connectivity index (χ3n) is 5.36. The number of hydrogen-bond donors (Lipinski definition) is 3. The van der Waals surface area contributed by atoms with Crippen LogP contribution in [0, 0.1) is 0 Å². The van der Waals surface area contributed by atoms with E-state index in [1.807, 2.05) is 18.6 Å². The predicted octanol–water partition coefficient (Wildman–Crippen LogP) is 6.18. The number of benzene rings is 2. The van der Waals surface area contributed by atoms with Gasteiger partial charge in [0.1, 0.15) is 5.82 Å². The highest BCUT2D eigenvalue weighted by Crippen LogP contribution is 2.42. The molecule has 0 aliphatic rings. The van der Waals surface area contributed by atoms with Crippen LogP contribution >= 0.6 is 11.3 Å². The van der Waals surface area contributed by atoms with Gasteiger partial charge in [0.15, 0.2) is 0 Å². The van der Waals surface area contributed by atoms with Crippen LogP contribution < -0.4 is 5.73 Å². The zero-order valence-electron chi connectivity index (χ0n) is 14.9. The van der Waals surface area contributed by atoms with Crippen LogP contribution in [-0.4, -0.2) is 15.0 Å². The first-order valence-corrected chi connectivity index (χ1v) is 9.96. The lowest BCUT2D eigenvalue weighted by Crippen LogP contribution is -1.92. The fraction of sp³-hybridized carbons (Fsp3) is 0. The van der Waals surface area contributed by atoms with E-state index in [2.05, 4.69) is 68.9 Å². The summed E-state index contributed by atoms with van der Waals surface area (Å²) in [5, 5.41) is 5.62. The Morgan fingerprint density at radius 3 is 2.11 bits per heavy atom. The maximum Gasteiger partial charge on any atom is 0.132 e. The van der Waals surface area contributed by atoms with E-state index in [1.54, 1.807) is 11.3 Å². The molecule has 4 nitrogen and oxygen atoms in total. The standard InChI is InChI=1S/C23H16N4S/c24-23-21-18(16-4-2-14-6-8-26-20(14)10-16)12-28-22(21)17(11-27-23)15-3-1-13-5-7-25-19(13)9-15/h1-12,25-26H,(H2,24,27). The van der Waals surface area contributed by atoms with Crippen molar-refractivity contribution in [3.05, 3.63) is 72.5 Å². The number of nitrogens with zero attached hydrogens (tertiary/aromatic N) is 1. The van der Waals surface area contributed by atoms with E-state index in [0.717, 1.165) is 38.7 Å². The third-order valence-corrected chi connectivity index (χ3v) is 6.37. The second-order valence-electron chi connectivity index (χ2n) is 6.97. The molecule has 0 saturated carbocycles. The van der Waals surface area contributed by atoms with Crippen LogP contribution in [0.1, 0.15) is 0 Å². The Bertz CT molecular complexity index is 1480. The Labute approximate surface area is 164 Å². The summed E-state index contributed by atoms with van der Waals surface area (Å²) in [6.45, 7) is 0. The van der Waals surface area contributed by atoms with E-state index >= 15 is 0 Å². The number of aromatic nitrogens is 3. The monoisotopic (exact) mass is 380 g/mol. The van der Waals surface area contributed by atoms with E-state index in [1.165, 1.54) is 15.5 Å². The van der Waals surface area contributed by atoms with Crippen LogP contribution in [0.2, 0.25) is 0 Å². The Morgan fingerprint density at radius 2 is 1.43 bits per heavy atom. The number of anilines is 1. The van der Waals surface area contributed by atoms with Crippen molar-refractivity contribution in [2.75, 3.05) is 5.73 Å². The number of hydrogen-bond acceptors (Lipinski definition) is 3. The normalized spacial score (nSPS) is 11.7. The summed E-state index contributed by atoms with van der Waals surface area (Å²) in [5.74, 6) is 0.572. The van der Waals surface area contributed by atoms with Crippen molar-refractivity contribution in [3.63, 3.8) is 0 Å². The van der Waals surface area contributed by atoms with Gasteiger partial charge < -0.3 is 15.7 Å². The van der Waals surface area contributed by atoms with E-state index in [4.69, 9.17) is 5.73 Å². The molecule has 0 spiro atoms. The van der Waals surface area contributed by atoms with Crippen LogP contribution in [0.3, 0.4) is 0 Å². The molecule has 4 aromatic heterocycles. The highest BCUT2D eigenvalue weighted by Gasteiger charge is 2.16. The first kappa shape index (κ1) is 15.5. The number of H-pyrrole nitrogens is 2. The summed E-state index contributed by atoms with van der Waals surface area (Å²) < 4.78 is 1.17. The van der Waals surface area contributed by atoms with E-state index < -0.39 is 0 Å². The van der Waals surface area contributed by atoms with Crippen LogP contribution in [0.25, 0.3) is 54.1 Å². The predicted molar refractivity (Wildman–Crippen MR) is 119 cm³/mol. The van der Waals surface area contributed by atoms with Gasteiger partial charge in [0.2, 0.25) is 0 Å². The van der Waals surface area contributed by atoms with E-state index in [0.29, 0.717) is 5.82 Å². The number of rotatable bonds is 2. The van der Waals surface area contributed by atoms with Crippen molar-refractivity contribution in [2.45, 2.75) is 0 Å². The van der Waals surface area contributed by atoms with Gasteiger partial charge in [-0.1, -0.05) is 24.3 Å². The summed E-state index contributed by atoms with van der Waals surface area (Å²) in [5.41, 5.74) is 13.1. The minimum absolute atomic E-state index is 0.572. The second kappa shape index (κ2) is 5.71. The van der Waals surface area contributed by atoms with Gasteiger partial charge in [-0.2, -0.15) is 0 Å². The molecule has 0 saturated heterocycles. The molecule has 0 unspecified atom stereocenters. The fourth-order valence-electron chi connectivity index (χ4n) is 3.92. The Balaban J connectivity index is 1.59. The molecule has 6 aromatic rings. The Kier molecular flexibility index (Phi) is 3.16.